The molecule has 0 aromatic heterocycles. The van der Waals surface area contributed by atoms with Crippen molar-refractivity contribution in [2.24, 2.45) is 0 Å². The molecule has 4 nitrogen and oxygen atoms in total. The molecule has 1 aliphatic rings. The van der Waals surface area contributed by atoms with Gasteiger partial charge in [-0.15, -0.1) is 0 Å². The van der Waals surface area contributed by atoms with E-state index in [4.69, 9.17) is 9.47 Å². The molecule has 1 aromatic rings. The van der Waals surface area contributed by atoms with E-state index in [0.29, 0.717) is 12.3 Å². The minimum absolute atomic E-state index is 0.0344. The molecule has 0 spiro atoms. The highest BCUT2D eigenvalue weighted by molar-refractivity contribution is 5.51. The largest absolute Gasteiger partial charge is 0.493 e. The van der Waals surface area contributed by atoms with E-state index in [-0.39, 0.29) is 11.5 Å². The lowest BCUT2D eigenvalue weighted by Gasteiger charge is -2.41. The van der Waals surface area contributed by atoms with Gasteiger partial charge in [-0.2, -0.15) is 5.06 Å². The fraction of sp³-hybridized carbons (Fsp3) is 0.571. The van der Waals surface area contributed by atoms with Gasteiger partial charge in [0, 0.05) is 12.0 Å². The Balaban J connectivity index is 2.63. The van der Waals surface area contributed by atoms with Gasteiger partial charge in [-0.1, -0.05) is 13.8 Å². The second kappa shape index (κ2) is 4.44. The van der Waals surface area contributed by atoms with Crippen molar-refractivity contribution in [3.63, 3.8) is 0 Å². The number of benzene rings is 1. The van der Waals surface area contributed by atoms with Crippen LogP contribution in [-0.2, 0) is 5.41 Å². The average molecular weight is 251 g/mol. The summed E-state index contributed by atoms with van der Waals surface area (Å²) < 4.78 is 10.7. The molecule has 4 heteroatoms. The number of hydrogen-bond donors (Lipinski definition) is 1. The molecule has 0 unspecified atom stereocenters. The maximum Gasteiger partial charge on any atom is 0.161 e. The van der Waals surface area contributed by atoms with Crippen LogP contribution in [0.1, 0.15) is 37.9 Å². The molecule has 0 amide bonds. The third-order valence-corrected chi connectivity index (χ3v) is 3.74. The number of rotatable bonds is 2. The Morgan fingerprint density at radius 3 is 2.33 bits per heavy atom. The van der Waals surface area contributed by atoms with E-state index in [1.807, 2.05) is 19.1 Å². The van der Waals surface area contributed by atoms with Gasteiger partial charge in [-0.05, 0) is 30.2 Å². The molecule has 0 bridgehead atoms. The van der Waals surface area contributed by atoms with E-state index in [9.17, 15) is 5.21 Å². The van der Waals surface area contributed by atoms with Crippen LogP contribution in [0.25, 0.3) is 0 Å². The van der Waals surface area contributed by atoms with Crippen LogP contribution in [0.3, 0.4) is 0 Å². The first kappa shape index (κ1) is 13.2. The Kier molecular flexibility index (Phi) is 3.25. The third-order valence-electron chi connectivity index (χ3n) is 3.74. The van der Waals surface area contributed by atoms with Crippen LogP contribution >= 0.6 is 0 Å². The minimum Gasteiger partial charge on any atom is -0.493 e. The molecular weight excluding hydrogens is 230 g/mol. The molecule has 1 aromatic carbocycles. The molecular formula is C14H21NO3. The smallest absolute Gasteiger partial charge is 0.161 e. The molecule has 18 heavy (non-hydrogen) atoms. The Hall–Kier alpha value is -1.26. The Bertz CT molecular complexity index is 457. The van der Waals surface area contributed by atoms with Gasteiger partial charge in [-0.25, -0.2) is 0 Å². The van der Waals surface area contributed by atoms with E-state index in [2.05, 4.69) is 13.8 Å². The van der Waals surface area contributed by atoms with E-state index in [1.54, 1.807) is 14.2 Å². The number of hydroxylamine groups is 2. The number of methoxy groups -OCH3 is 2. The fourth-order valence-corrected chi connectivity index (χ4v) is 2.61. The van der Waals surface area contributed by atoms with E-state index in [1.165, 1.54) is 10.6 Å². The van der Waals surface area contributed by atoms with Crippen molar-refractivity contribution < 1.29 is 14.7 Å². The second-order valence-electron chi connectivity index (χ2n) is 5.45. The predicted molar refractivity (Wildman–Crippen MR) is 69.5 cm³/mol. The van der Waals surface area contributed by atoms with Crippen LogP contribution in [0, 0.1) is 0 Å². The maximum atomic E-state index is 10.0. The quantitative estimate of drug-likeness (QED) is 0.877. The lowest BCUT2D eigenvalue weighted by atomic mass is 9.76. The van der Waals surface area contributed by atoms with Crippen molar-refractivity contribution in [3.8, 4) is 11.5 Å². The normalized spacial score (nSPS) is 22.4. The first-order valence-corrected chi connectivity index (χ1v) is 6.12. The van der Waals surface area contributed by atoms with Gasteiger partial charge >= 0.3 is 0 Å². The summed E-state index contributed by atoms with van der Waals surface area (Å²) in [5.41, 5.74) is 2.18. The summed E-state index contributed by atoms with van der Waals surface area (Å²) in [5.74, 6) is 1.44. The fourth-order valence-electron chi connectivity index (χ4n) is 2.61. The number of nitrogens with zero attached hydrogens (tertiary/aromatic N) is 1. The third kappa shape index (κ3) is 1.95. The summed E-state index contributed by atoms with van der Waals surface area (Å²) in [6, 6.07) is 3.95. The number of ether oxygens (including phenoxy) is 2. The van der Waals surface area contributed by atoms with Crippen molar-refractivity contribution in [2.75, 3.05) is 20.8 Å². The maximum absolute atomic E-state index is 10.0. The summed E-state index contributed by atoms with van der Waals surface area (Å²) in [4.78, 5) is 0. The van der Waals surface area contributed by atoms with Crippen molar-refractivity contribution in [1.82, 2.24) is 5.06 Å². The highest BCUT2D eigenvalue weighted by atomic mass is 16.5. The highest BCUT2D eigenvalue weighted by Gasteiger charge is 2.36. The number of fused-ring (bicyclic) bond motifs is 1. The molecule has 1 aliphatic heterocycles. The monoisotopic (exact) mass is 251 g/mol. The van der Waals surface area contributed by atoms with Crippen molar-refractivity contribution in [1.29, 1.82) is 0 Å². The van der Waals surface area contributed by atoms with Crippen LogP contribution < -0.4 is 9.47 Å². The molecule has 0 radical (unpaired) electrons. The van der Waals surface area contributed by atoms with Crippen molar-refractivity contribution in [3.05, 3.63) is 23.3 Å². The summed E-state index contributed by atoms with van der Waals surface area (Å²) in [6.07, 6.45) is 0. The van der Waals surface area contributed by atoms with E-state index in [0.717, 1.165) is 11.3 Å². The van der Waals surface area contributed by atoms with E-state index >= 15 is 0 Å². The van der Waals surface area contributed by atoms with E-state index < -0.39 is 0 Å². The van der Waals surface area contributed by atoms with Crippen molar-refractivity contribution in [2.45, 2.75) is 32.2 Å². The lowest BCUT2D eigenvalue weighted by molar-refractivity contribution is -0.142. The highest BCUT2D eigenvalue weighted by Crippen LogP contribution is 2.43. The lowest BCUT2D eigenvalue weighted by Crippen LogP contribution is -2.42. The van der Waals surface area contributed by atoms with Gasteiger partial charge in [0.05, 0.1) is 20.3 Å². The van der Waals surface area contributed by atoms with Gasteiger partial charge in [0.1, 0.15) is 0 Å². The minimum atomic E-state index is -0.115. The molecule has 1 N–H and O–H groups in total. The van der Waals surface area contributed by atoms with Crippen molar-refractivity contribution >= 4 is 0 Å². The Labute approximate surface area is 108 Å². The Morgan fingerprint density at radius 2 is 1.78 bits per heavy atom. The molecule has 1 heterocycles. The van der Waals surface area contributed by atoms with Gasteiger partial charge in [0.15, 0.2) is 11.5 Å². The zero-order valence-corrected chi connectivity index (χ0v) is 11.7. The van der Waals surface area contributed by atoms with Crippen LogP contribution in [0.5, 0.6) is 11.5 Å². The van der Waals surface area contributed by atoms with Gasteiger partial charge in [0.25, 0.3) is 0 Å². The first-order chi connectivity index (χ1) is 8.40. The zero-order valence-electron chi connectivity index (χ0n) is 11.7. The first-order valence-electron chi connectivity index (χ1n) is 6.12. The summed E-state index contributed by atoms with van der Waals surface area (Å²) in [7, 11) is 3.27. The van der Waals surface area contributed by atoms with Gasteiger partial charge in [-0.3, -0.25) is 0 Å². The molecule has 0 saturated heterocycles. The zero-order chi connectivity index (χ0) is 13.5. The second-order valence-corrected chi connectivity index (χ2v) is 5.45. The predicted octanol–water partition coefficient (Wildman–Crippen LogP) is 2.75. The molecule has 2 rings (SSSR count). The summed E-state index contributed by atoms with van der Waals surface area (Å²) in [5, 5.41) is 11.4. The SMILES string of the molecule is COc1cc2c(cc1OC)C(C)(C)CN(O)[C@H]2C. The van der Waals surface area contributed by atoms with Crippen LogP contribution in [0.15, 0.2) is 12.1 Å². The average Bonchev–Trinajstić information content (AvgIpc) is 2.34. The molecule has 0 aliphatic carbocycles. The summed E-state index contributed by atoms with van der Waals surface area (Å²) >= 11 is 0. The molecule has 0 saturated carbocycles. The molecule has 0 fully saturated rings. The van der Waals surface area contributed by atoms with Gasteiger partial charge in [0.2, 0.25) is 0 Å². The van der Waals surface area contributed by atoms with Crippen LogP contribution in [0.4, 0.5) is 0 Å². The summed E-state index contributed by atoms with van der Waals surface area (Å²) in [6.45, 7) is 6.83. The standard InChI is InChI=1S/C14H21NO3/c1-9-10-6-12(17-4)13(18-5)7-11(10)14(2,3)8-15(9)16/h6-7,9,16H,8H2,1-5H3/t9-/m0/s1. The number of hydrogen-bond acceptors (Lipinski definition) is 4. The van der Waals surface area contributed by atoms with Crippen LogP contribution in [0.2, 0.25) is 0 Å². The van der Waals surface area contributed by atoms with Gasteiger partial charge < -0.3 is 14.7 Å². The molecule has 100 valence electrons. The Morgan fingerprint density at radius 1 is 1.22 bits per heavy atom. The molecule has 1 atom stereocenters. The van der Waals surface area contributed by atoms with Crippen LogP contribution in [-0.4, -0.2) is 31.0 Å². The topological polar surface area (TPSA) is 41.9 Å².